The molecule has 1 N–H and O–H groups in total. The van der Waals surface area contributed by atoms with E-state index in [1.54, 1.807) is 6.07 Å². The van der Waals surface area contributed by atoms with Crippen LogP contribution >= 0.6 is 11.6 Å². The number of benzene rings is 1. The Morgan fingerprint density at radius 1 is 1.38 bits per heavy atom. The lowest BCUT2D eigenvalue weighted by Crippen LogP contribution is -2.44. The van der Waals surface area contributed by atoms with Crippen molar-refractivity contribution in [3.63, 3.8) is 0 Å². The Hall–Kier alpha value is -0.640. The van der Waals surface area contributed by atoms with Crippen LogP contribution in [0.5, 0.6) is 0 Å². The van der Waals surface area contributed by atoms with Crippen LogP contribution in [0.3, 0.4) is 0 Å². The maximum atomic E-state index is 13.2. The van der Waals surface area contributed by atoms with E-state index in [4.69, 9.17) is 16.3 Å². The van der Waals surface area contributed by atoms with Crippen LogP contribution in [0.4, 0.5) is 4.39 Å². The second-order valence-electron chi connectivity index (χ2n) is 7.11. The van der Waals surface area contributed by atoms with Crippen LogP contribution in [0, 0.1) is 11.7 Å². The van der Waals surface area contributed by atoms with E-state index >= 15 is 0 Å². The fourth-order valence-electron chi connectivity index (χ4n) is 3.60. The number of ether oxygens (including phenoxy) is 1. The molecule has 1 aliphatic rings. The van der Waals surface area contributed by atoms with Crippen LogP contribution in [0.15, 0.2) is 18.2 Å². The number of hydrogen-bond acceptors (Lipinski definition) is 2. The molecule has 1 heterocycles. The van der Waals surface area contributed by atoms with E-state index in [2.05, 4.69) is 33.0 Å². The van der Waals surface area contributed by atoms with Gasteiger partial charge in [0.05, 0.1) is 11.2 Å². The molecule has 0 aromatic heterocycles. The molecule has 1 aromatic rings. The molecule has 0 saturated carbocycles. The van der Waals surface area contributed by atoms with Gasteiger partial charge in [0, 0.05) is 17.0 Å². The summed E-state index contributed by atoms with van der Waals surface area (Å²) >= 11 is 6.17. The minimum atomic E-state index is -0.296. The van der Waals surface area contributed by atoms with Gasteiger partial charge in [0.15, 0.2) is 0 Å². The summed E-state index contributed by atoms with van der Waals surface area (Å²) in [6.45, 7) is 8.55. The smallest absolute Gasteiger partial charge is 0.124 e. The SMILES string of the molecule is CNC(Cc1ccc(F)cc1Cl)C1CC(C)(C)OC1(C)C. The zero-order valence-electron chi connectivity index (χ0n) is 13.5. The van der Waals surface area contributed by atoms with Gasteiger partial charge in [0.25, 0.3) is 0 Å². The summed E-state index contributed by atoms with van der Waals surface area (Å²) in [6.07, 6.45) is 1.76. The van der Waals surface area contributed by atoms with Crippen LogP contribution in [-0.4, -0.2) is 24.3 Å². The number of nitrogens with one attached hydrogen (secondary N) is 1. The predicted octanol–water partition coefficient (Wildman–Crippen LogP) is 4.20. The van der Waals surface area contributed by atoms with Gasteiger partial charge in [-0.05, 0) is 65.3 Å². The number of rotatable bonds is 4. The summed E-state index contributed by atoms with van der Waals surface area (Å²) in [5, 5.41) is 3.89. The van der Waals surface area contributed by atoms with E-state index in [1.807, 2.05) is 7.05 Å². The van der Waals surface area contributed by atoms with Crippen molar-refractivity contribution in [2.45, 2.75) is 57.8 Å². The second kappa shape index (κ2) is 5.86. The molecule has 4 heteroatoms. The van der Waals surface area contributed by atoms with Crippen molar-refractivity contribution < 1.29 is 9.13 Å². The number of likely N-dealkylation sites (N-methyl/N-ethyl adjacent to an activating group) is 1. The molecule has 1 aromatic carbocycles. The van der Waals surface area contributed by atoms with Gasteiger partial charge >= 0.3 is 0 Å². The summed E-state index contributed by atoms with van der Waals surface area (Å²) in [7, 11) is 1.96. The predicted molar refractivity (Wildman–Crippen MR) is 85.3 cm³/mol. The monoisotopic (exact) mass is 313 g/mol. The summed E-state index contributed by atoms with van der Waals surface area (Å²) in [4.78, 5) is 0. The first-order valence-corrected chi connectivity index (χ1v) is 7.84. The average Bonchev–Trinajstić information content (AvgIpc) is 2.56. The van der Waals surface area contributed by atoms with Gasteiger partial charge in [0.1, 0.15) is 5.82 Å². The van der Waals surface area contributed by atoms with Gasteiger partial charge in [-0.25, -0.2) is 4.39 Å². The second-order valence-corrected chi connectivity index (χ2v) is 7.52. The number of hydrogen-bond donors (Lipinski definition) is 1. The highest BCUT2D eigenvalue weighted by molar-refractivity contribution is 6.31. The average molecular weight is 314 g/mol. The molecule has 0 aliphatic carbocycles. The quantitative estimate of drug-likeness (QED) is 0.899. The van der Waals surface area contributed by atoms with Gasteiger partial charge in [-0.2, -0.15) is 0 Å². The first-order valence-electron chi connectivity index (χ1n) is 7.46. The van der Waals surface area contributed by atoms with Crippen molar-refractivity contribution >= 4 is 11.6 Å². The summed E-state index contributed by atoms with van der Waals surface area (Å²) in [5.74, 6) is 0.0778. The Balaban J connectivity index is 2.20. The van der Waals surface area contributed by atoms with Crippen LogP contribution in [0.25, 0.3) is 0 Å². The molecule has 0 bridgehead atoms. The van der Waals surface area contributed by atoms with Gasteiger partial charge in [-0.3, -0.25) is 0 Å². The van der Waals surface area contributed by atoms with Gasteiger partial charge in [-0.1, -0.05) is 17.7 Å². The van der Waals surface area contributed by atoms with Crippen molar-refractivity contribution in [3.05, 3.63) is 34.6 Å². The molecule has 2 nitrogen and oxygen atoms in total. The Kier molecular flexibility index (Phi) is 4.67. The molecule has 1 fully saturated rings. The lowest BCUT2D eigenvalue weighted by Gasteiger charge is -2.33. The maximum absolute atomic E-state index is 13.2. The Morgan fingerprint density at radius 2 is 2.05 bits per heavy atom. The minimum Gasteiger partial charge on any atom is -0.369 e. The van der Waals surface area contributed by atoms with E-state index < -0.39 is 0 Å². The first-order chi connectivity index (χ1) is 9.64. The normalized spacial score (nSPS) is 25.0. The number of halogens is 2. The van der Waals surface area contributed by atoms with Crippen LogP contribution < -0.4 is 5.32 Å². The van der Waals surface area contributed by atoms with Crippen molar-refractivity contribution in [3.8, 4) is 0 Å². The molecule has 0 radical (unpaired) electrons. The lowest BCUT2D eigenvalue weighted by atomic mass is 9.79. The lowest BCUT2D eigenvalue weighted by molar-refractivity contribution is -0.0774. The Bertz CT molecular complexity index is 516. The van der Waals surface area contributed by atoms with Crippen molar-refractivity contribution in [2.24, 2.45) is 5.92 Å². The molecule has 118 valence electrons. The third-order valence-corrected chi connectivity index (χ3v) is 4.81. The standard InChI is InChI=1S/C17H25ClFNO/c1-16(2)10-13(17(3,4)21-16)15(20-5)8-11-6-7-12(19)9-14(11)18/h6-7,9,13,15,20H,8,10H2,1-5H3. The van der Waals surface area contributed by atoms with E-state index in [1.165, 1.54) is 12.1 Å². The van der Waals surface area contributed by atoms with Crippen molar-refractivity contribution in [2.75, 3.05) is 7.05 Å². The summed E-state index contributed by atoms with van der Waals surface area (Å²) in [6, 6.07) is 4.86. The summed E-state index contributed by atoms with van der Waals surface area (Å²) in [5.41, 5.74) is 0.664. The molecule has 0 spiro atoms. The van der Waals surface area contributed by atoms with E-state index in [-0.39, 0.29) is 23.1 Å². The van der Waals surface area contributed by atoms with Crippen LogP contribution in [0.1, 0.15) is 39.7 Å². The van der Waals surface area contributed by atoms with Crippen molar-refractivity contribution in [1.29, 1.82) is 0 Å². The highest BCUT2D eigenvalue weighted by Crippen LogP contribution is 2.44. The van der Waals surface area contributed by atoms with Gasteiger partial charge in [0.2, 0.25) is 0 Å². The van der Waals surface area contributed by atoms with Crippen LogP contribution in [-0.2, 0) is 11.2 Å². The van der Waals surface area contributed by atoms with E-state index in [0.29, 0.717) is 10.9 Å². The van der Waals surface area contributed by atoms with Gasteiger partial charge < -0.3 is 10.1 Å². The molecule has 2 atom stereocenters. The zero-order valence-corrected chi connectivity index (χ0v) is 14.2. The van der Waals surface area contributed by atoms with Gasteiger partial charge in [-0.15, -0.1) is 0 Å². The minimum absolute atomic E-state index is 0.115. The highest BCUT2D eigenvalue weighted by Gasteiger charge is 2.48. The molecule has 2 rings (SSSR count). The fraction of sp³-hybridized carbons (Fsp3) is 0.647. The topological polar surface area (TPSA) is 21.3 Å². The molecular weight excluding hydrogens is 289 g/mol. The molecule has 0 amide bonds. The molecular formula is C17H25ClFNO. The summed E-state index contributed by atoms with van der Waals surface area (Å²) < 4.78 is 19.4. The Labute approximate surface area is 132 Å². The molecule has 1 saturated heterocycles. The highest BCUT2D eigenvalue weighted by atomic mass is 35.5. The third-order valence-electron chi connectivity index (χ3n) is 4.46. The fourth-order valence-corrected chi connectivity index (χ4v) is 3.85. The largest absolute Gasteiger partial charge is 0.369 e. The third kappa shape index (κ3) is 3.77. The van der Waals surface area contributed by atoms with Crippen LogP contribution in [0.2, 0.25) is 5.02 Å². The van der Waals surface area contributed by atoms with E-state index in [9.17, 15) is 4.39 Å². The molecule has 21 heavy (non-hydrogen) atoms. The zero-order chi connectivity index (χ0) is 15.8. The molecule has 2 unspecified atom stereocenters. The van der Waals surface area contributed by atoms with Crippen molar-refractivity contribution in [1.82, 2.24) is 5.32 Å². The Morgan fingerprint density at radius 3 is 2.52 bits per heavy atom. The maximum Gasteiger partial charge on any atom is 0.124 e. The molecule has 1 aliphatic heterocycles. The van der Waals surface area contributed by atoms with E-state index in [0.717, 1.165) is 18.4 Å². The first kappa shape index (κ1) is 16.7.